The molecule has 7 nitrogen and oxygen atoms in total. The third-order valence-electron chi connectivity index (χ3n) is 8.59. The van der Waals surface area contributed by atoms with Gasteiger partial charge in [0.1, 0.15) is 18.1 Å². The van der Waals surface area contributed by atoms with Gasteiger partial charge in [0.2, 0.25) is 11.8 Å². The Hall–Kier alpha value is -4.14. The van der Waals surface area contributed by atoms with Crippen LogP contribution in [0.2, 0.25) is 6.32 Å². The van der Waals surface area contributed by atoms with Gasteiger partial charge in [-0.3, -0.25) is 14.5 Å². The van der Waals surface area contributed by atoms with Crippen LogP contribution < -0.4 is 9.64 Å². The minimum Gasteiger partial charge on any atom is -0.508 e. The lowest BCUT2D eigenvalue weighted by atomic mass is 9.58. The van der Waals surface area contributed by atoms with Crippen LogP contribution >= 0.6 is 0 Å². The molecule has 2 N–H and O–H groups in total. The number of nitrogens with zero attached hydrogens (tertiary/aromatic N) is 1. The number of carbonyl (C=O) groups is 2. The normalized spacial score (nSPS) is 24.1. The lowest BCUT2D eigenvalue weighted by Gasteiger charge is -2.43. The molecule has 3 aliphatic rings. The standard InChI is InChI=1S/C34H34BNO6/c1-22(18-23-13-15-26(37)16-14-23)12-17-30-31-24(21-41-27-10-6-3-7-11-27)19-28-32(29(31)20-35(40)42-30)34(39)36(33(28)38)25-8-4-2-5-9-25/h2-11,13-16,18,28-30,32,37,40H,12,17,19-21H2,1H3/b22-18+/t28-,29+,30-,32-/m1/s1. The van der Waals surface area contributed by atoms with Crippen molar-refractivity contribution in [3.8, 4) is 11.5 Å². The fraction of sp³-hybridized carbons (Fsp3) is 0.294. The van der Waals surface area contributed by atoms with E-state index in [9.17, 15) is 19.7 Å². The van der Waals surface area contributed by atoms with Crippen molar-refractivity contribution >= 4 is 30.7 Å². The number of allylic oxidation sites excluding steroid dienone is 1. The molecule has 2 heterocycles. The lowest BCUT2D eigenvalue weighted by molar-refractivity contribution is -0.122. The quantitative estimate of drug-likeness (QED) is 0.209. The van der Waals surface area contributed by atoms with E-state index in [0.29, 0.717) is 24.9 Å². The van der Waals surface area contributed by atoms with E-state index in [1.165, 1.54) is 4.90 Å². The SMILES string of the molecule is C/C(=C\c1ccc(O)cc1)CC[C@H]1OB(O)C[C@H]2C1=C(COc1ccccc1)C[C@H]1C(=O)N(c3ccccc3)C(=O)[C@H]12. The van der Waals surface area contributed by atoms with Crippen molar-refractivity contribution in [3.63, 3.8) is 0 Å². The van der Waals surface area contributed by atoms with Crippen LogP contribution in [0.5, 0.6) is 11.5 Å². The number of fused-ring (bicyclic) bond motifs is 3. The molecule has 42 heavy (non-hydrogen) atoms. The molecule has 0 radical (unpaired) electrons. The topological polar surface area (TPSA) is 96.3 Å². The first-order chi connectivity index (χ1) is 20.4. The highest BCUT2D eigenvalue weighted by Crippen LogP contribution is 2.51. The summed E-state index contributed by atoms with van der Waals surface area (Å²) in [6.07, 6.45) is 3.64. The molecule has 0 unspecified atom stereocenters. The van der Waals surface area contributed by atoms with Gasteiger partial charge in [-0.15, -0.1) is 0 Å². The average molecular weight is 563 g/mol. The van der Waals surface area contributed by atoms with Crippen molar-refractivity contribution in [2.24, 2.45) is 17.8 Å². The van der Waals surface area contributed by atoms with E-state index in [2.05, 4.69) is 6.08 Å². The zero-order chi connectivity index (χ0) is 29.2. The summed E-state index contributed by atoms with van der Waals surface area (Å²) in [5, 5.41) is 20.5. The number of aromatic hydroxyl groups is 1. The predicted octanol–water partition coefficient (Wildman–Crippen LogP) is 5.66. The van der Waals surface area contributed by atoms with Crippen LogP contribution in [0.25, 0.3) is 6.08 Å². The zero-order valence-electron chi connectivity index (χ0n) is 23.6. The number of hydrogen-bond donors (Lipinski definition) is 2. The summed E-state index contributed by atoms with van der Waals surface area (Å²) in [7, 11) is -1.03. The Morgan fingerprint density at radius 3 is 2.38 bits per heavy atom. The molecule has 2 saturated heterocycles. The zero-order valence-corrected chi connectivity index (χ0v) is 23.6. The van der Waals surface area contributed by atoms with Crippen LogP contribution in [0.1, 0.15) is 31.7 Å². The van der Waals surface area contributed by atoms with Gasteiger partial charge in [0, 0.05) is 0 Å². The highest BCUT2D eigenvalue weighted by atomic mass is 16.5. The molecule has 214 valence electrons. The van der Waals surface area contributed by atoms with Gasteiger partial charge in [0.25, 0.3) is 0 Å². The number of rotatable bonds is 8. The molecule has 0 spiro atoms. The van der Waals surface area contributed by atoms with Gasteiger partial charge in [0.05, 0.1) is 23.6 Å². The molecular formula is C34H34BNO6. The maximum absolute atomic E-state index is 13.9. The van der Waals surface area contributed by atoms with Gasteiger partial charge >= 0.3 is 7.12 Å². The third kappa shape index (κ3) is 5.65. The Morgan fingerprint density at radius 1 is 0.976 bits per heavy atom. The van der Waals surface area contributed by atoms with E-state index in [1.54, 1.807) is 24.3 Å². The first-order valence-corrected chi connectivity index (χ1v) is 14.5. The molecule has 3 aromatic carbocycles. The maximum atomic E-state index is 13.9. The first kappa shape index (κ1) is 28.0. The predicted molar refractivity (Wildman–Crippen MR) is 162 cm³/mol. The van der Waals surface area contributed by atoms with Gasteiger partial charge < -0.3 is 19.5 Å². The fourth-order valence-corrected chi connectivity index (χ4v) is 6.70. The van der Waals surface area contributed by atoms with Crippen molar-refractivity contribution in [1.82, 2.24) is 0 Å². The van der Waals surface area contributed by atoms with Gasteiger partial charge in [-0.05, 0) is 91.5 Å². The van der Waals surface area contributed by atoms with E-state index in [-0.39, 0.29) is 36.4 Å². The van der Waals surface area contributed by atoms with Crippen LogP contribution in [0, 0.1) is 17.8 Å². The summed E-state index contributed by atoms with van der Waals surface area (Å²) >= 11 is 0. The number of para-hydroxylation sites is 2. The Labute approximate surface area is 246 Å². The van der Waals surface area contributed by atoms with Crippen LogP contribution in [-0.2, 0) is 14.2 Å². The van der Waals surface area contributed by atoms with Crippen molar-refractivity contribution in [1.29, 1.82) is 0 Å². The molecule has 1 aliphatic carbocycles. The molecular weight excluding hydrogens is 529 g/mol. The second-order valence-electron chi connectivity index (χ2n) is 11.4. The Morgan fingerprint density at radius 2 is 1.67 bits per heavy atom. The molecule has 3 aromatic rings. The minimum atomic E-state index is -1.03. The number of benzene rings is 3. The van der Waals surface area contributed by atoms with Crippen LogP contribution in [0.4, 0.5) is 5.69 Å². The smallest absolute Gasteiger partial charge is 0.455 e. The Bertz CT molecular complexity index is 1500. The molecule has 2 amide bonds. The highest BCUT2D eigenvalue weighted by molar-refractivity contribution is 6.43. The average Bonchev–Trinajstić information content (AvgIpc) is 3.25. The summed E-state index contributed by atoms with van der Waals surface area (Å²) in [5.74, 6) is -0.844. The fourth-order valence-electron chi connectivity index (χ4n) is 6.70. The van der Waals surface area contributed by atoms with Crippen LogP contribution in [0.15, 0.2) is 102 Å². The number of hydrogen-bond acceptors (Lipinski definition) is 6. The monoisotopic (exact) mass is 563 g/mol. The molecule has 6 rings (SSSR count). The van der Waals surface area contributed by atoms with Gasteiger partial charge in [-0.1, -0.05) is 60.2 Å². The minimum absolute atomic E-state index is 0.197. The maximum Gasteiger partial charge on any atom is 0.455 e. The number of imide groups is 1. The molecule has 8 heteroatoms. The third-order valence-corrected chi connectivity index (χ3v) is 8.59. The Balaban J connectivity index is 1.31. The molecule has 2 fully saturated rings. The largest absolute Gasteiger partial charge is 0.508 e. The summed E-state index contributed by atoms with van der Waals surface area (Å²) in [4.78, 5) is 29.0. The summed E-state index contributed by atoms with van der Waals surface area (Å²) in [6.45, 7) is 2.33. The van der Waals surface area contributed by atoms with Crippen molar-refractivity contribution in [3.05, 3.63) is 107 Å². The molecule has 0 aromatic heterocycles. The highest BCUT2D eigenvalue weighted by Gasteiger charge is 2.57. The number of ether oxygens (including phenoxy) is 1. The second kappa shape index (κ2) is 12.0. The number of phenolic OH excluding ortho intramolecular Hbond substituents is 1. The number of amides is 2. The first-order valence-electron chi connectivity index (χ1n) is 14.5. The summed E-state index contributed by atoms with van der Waals surface area (Å²) in [6, 6.07) is 25.7. The molecule has 4 atom stereocenters. The number of anilines is 1. The molecule has 2 aliphatic heterocycles. The molecule has 0 saturated carbocycles. The van der Waals surface area contributed by atoms with E-state index >= 15 is 0 Å². The van der Waals surface area contributed by atoms with Crippen LogP contribution in [0.3, 0.4) is 0 Å². The van der Waals surface area contributed by atoms with Crippen molar-refractivity contribution < 1.29 is 29.1 Å². The molecule has 0 bridgehead atoms. The van der Waals surface area contributed by atoms with E-state index < -0.39 is 25.1 Å². The van der Waals surface area contributed by atoms with E-state index in [4.69, 9.17) is 9.39 Å². The number of carbonyl (C=O) groups excluding carboxylic acids is 2. The van der Waals surface area contributed by atoms with Gasteiger partial charge in [-0.25, -0.2) is 0 Å². The Kier molecular flexibility index (Phi) is 8.00. The second-order valence-corrected chi connectivity index (χ2v) is 11.4. The summed E-state index contributed by atoms with van der Waals surface area (Å²) < 4.78 is 12.3. The van der Waals surface area contributed by atoms with Crippen molar-refractivity contribution in [2.45, 2.75) is 38.6 Å². The van der Waals surface area contributed by atoms with Gasteiger partial charge in [-0.2, -0.15) is 0 Å². The lowest BCUT2D eigenvalue weighted by Crippen LogP contribution is -2.46. The number of phenols is 1. The van der Waals surface area contributed by atoms with E-state index in [1.807, 2.05) is 67.6 Å². The van der Waals surface area contributed by atoms with Crippen LogP contribution in [-0.4, -0.2) is 41.8 Å². The van der Waals surface area contributed by atoms with Gasteiger partial charge in [0.15, 0.2) is 0 Å². The van der Waals surface area contributed by atoms with Crippen molar-refractivity contribution in [2.75, 3.05) is 11.5 Å². The summed E-state index contributed by atoms with van der Waals surface area (Å²) in [5.41, 5.74) is 4.65. The van der Waals surface area contributed by atoms with E-state index in [0.717, 1.165) is 28.0 Å².